The van der Waals surface area contributed by atoms with Crippen LogP contribution in [0.5, 0.6) is 11.5 Å². The summed E-state index contributed by atoms with van der Waals surface area (Å²) in [5.74, 6) is 0.479. The number of ether oxygens (including phenoxy) is 3. The predicted octanol–water partition coefficient (Wildman–Crippen LogP) is 6.55. The molecule has 2 saturated heterocycles. The van der Waals surface area contributed by atoms with Gasteiger partial charge in [-0.1, -0.05) is 25.5 Å². The lowest BCUT2D eigenvalue weighted by Crippen LogP contribution is -2.37. The number of benzene rings is 2. The van der Waals surface area contributed by atoms with Gasteiger partial charge in [0.05, 0.1) is 24.2 Å². The molecule has 2 aromatic carbocycles. The number of carbonyl (C=O) groups is 2. The highest BCUT2D eigenvalue weighted by molar-refractivity contribution is 6.08. The molecule has 11 heteroatoms. The van der Waals surface area contributed by atoms with E-state index in [9.17, 15) is 27.6 Å². The van der Waals surface area contributed by atoms with E-state index >= 15 is 0 Å². The van der Waals surface area contributed by atoms with Gasteiger partial charge in [-0.05, 0) is 68.9 Å². The Morgan fingerprint density at radius 3 is 2.50 bits per heavy atom. The van der Waals surface area contributed by atoms with Crippen LogP contribution in [0.3, 0.4) is 0 Å². The summed E-state index contributed by atoms with van der Waals surface area (Å²) in [6, 6.07) is 10.4. The molecule has 2 amide bonds. The lowest BCUT2D eigenvalue weighted by molar-refractivity contribution is -0.140. The molecule has 3 aromatic rings. The van der Waals surface area contributed by atoms with Gasteiger partial charge in [-0.15, -0.1) is 0 Å². The summed E-state index contributed by atoms with van der Waals surface area (Å²) >= 11 is 0. The van der Waals surface area contributed by atoms with Crippen molar-refractivity contribution in [2.24, 2.45) is 0 Å². The first kappa shape index (κ1) is 31.6. The van der Waals surface area contributed by atoms with E-state index < -0.39 is 22.8 Å². The molecule has 2 aliphatic heterocycles. The number of likely N-dealkylation sites (tertiary alicyclic amines) is 1. The first-order valence-electron chi connectivity index (χ1n) is 15.0. The predicted molar refractivity (Wildman–Crippen MR) is 156 cm³/mol. The second kappa shape index (κ2) is 13.0. The van der Waals surface area contributed by atoms with Gasteiger partial charge in [-0.25, -0.2) is 4.79 Å². The number of hydrogen-bond acceptors (Lipinski definition) is 7. The molecule has 44 heavy (non-hydrogen) atoms. The minimum absolute atomic E-state index is 0.0663. The smallest absolute Gasteiger partial charge is 0.417 e. The van der Waals surface area contributed by atoms with Crippen molar-refractivity contribution in [1.82, 2.24) is 4.90 Å². The standard InChI is InChI=1S/C33H36F3NO7/c1-3-8-24-26(15-14-23-25(33(34,35)36)19-28(39)44-30(23)24)41-17-7-5-16-37-27(38)20-32(2,31(37)40)21-10-12-22(13-11-21)43-29-9-4-6-18-42-29/h10-15,19,29H,3-9,16-18,20H2,1-2H3. The molecule has 2 aliphatic rings. The van der Waals surface area contributed by atoms with Crippen molar-refractivity contribution >= 4 is 22.8 Å². The summed E-state index contributed by atoms with van der Waals surface area (Å²) in [4.78, 5) is 39.5. The van der Waals surface area contributed by atoms with E-state index in [4.69, 9.17) is 18.6 Å². The Morgan fingerprint density at radius 1 is 1.05 bits per heavy atom. The normalized spacial score (nSPS) is 20.8. The fourth-order valence-corrected chi connectivity index (χ4v) is 5.87. The van der Waals surface area contributed by atoms with Crippen molar-refractivity contribution in [3.8, 4) is 11.5 Å². The van der Waals surface area contributed by atoms with Crippen LogP contribution in [-0.2, 0) is 32.3 Å². The highest BCUT2D eigenvalue weighted by Gasteiger charge is 2.49. The monoisotopic (exact) mass is 615 g/mol. The zero-order valence-corrected chi connectivity index (χ0v) is 24.8. The number of aryl methyl sites for hydroxylation is 1. The molecule has 0 aliphatic carbocycles. The van der Waals surface area contributed by atoms with Crippen LogP contribution < -0.4 is 15.1 Å². The van der Waals surface area contributed by atoms with Crippen LogP contribution in [0.4, 0.5) is 13.2 Å². The number of hydrogen-bond donors (Lipinski definition) is 0. The van der Waals surface area contributed by atoms with Gasteiger partial charge in [0, 0.05) is 36.4 Å². The summed E-state index contributed by atoms with van der Waals surface area (Å²) < 4.78 is 63.3. The number of carbonyl (C=O) groups excluding carboxylic acids is 2. The Hall–Kier alpha value is -3.86. The number of fused-ring (bicyclic) bond motifs is 1. The second-order valence-electron chi connectivity index (χ2n) is 11.5. The number of halogens is 3. The van der Waals surface area contributed by atoms with Crippen LogP contribution in [0, 0.1) is 0 Å². The highest BCUT2D eigenvalue weighted by atomic mass is 19.4. The van der Waals surface area contributed by atoms with Gasteiger partial charge < -0.3 is 18.6 Å². The van der Waals surface area contributed by atoms with Crippen LogP contribution in [0.2, 0.25) is 0 Å². The van der Waals surface area contributed by atoms with E-state index in [-0.39, 0.29) is 48.6 Å². The molecule has 0 bridgehead atoms. The molecular weight excluding hydrogens is 579 g/mol. The van der Waals surface area contributed by atoms with Crippen molar-refractivity contribution in [3.63, 3.8) is 0 Å². The highest BCUT2D eigenvalue weighted by Crippen LogP contribution is 2.39. The fourth-order valence-electron chi connectivity index (χ4n) is 5.87. The molecule has 2 unspecified atom stereocenters. The molecule has 1 aromatic heterocycles. The van der Waals surface area contributed by atoms with Crippen molar-refractivity contribution < 1.29 is 41.4 Å². The Bertz CT molecular complexity index is 1560. The van der Waals surface area contributed by atoms with Crippen molar-refractivity contribution in [3.05, 3.63) is 69.6 Å². The number of unbranched alkanes of at least 4 members (excludes halogenated alkanes) is 1. The van der Waals surface area contributed by atoms with Crippen LogP contribution in [-0.4, -0.2) is 42.8 Å². The van der Waals surface area contributed by atoms with Gasteiger partial charge in [-0.3, -0.25) is 14.5 Å². The molecule has 0 radical (unpaired) electrons. The lowest BCUT2D eigenvalue weighted by atomic mass is 9.81. The third kappa shape index (κ3) is 6.62. The molecule has 8 nitrogen and oxygen atoms in total. The number of alkyl halides is 3. The van der Waals surface area contributed by atoms with Crippen molar-refractivity contribution in [2.45, 2.75) is 83.1 Å². The van der Waals surface area contributed by atoms with Gasteiger partial charge in [-0.2, -0.15) is 13.2 Å². The van der Waals surface area contributed by atoms with E-state index in [1.165, 1.54) is 17.0 Å². The van der Waals surface area contributed by atoms with Gasteiger partial charge in [0.25, 0.3) is 0 Å². The molecule has 5 rings (SSSR count). The Kier molecular flexibility index (Phi) is 9.34. The SMILES string of the molecule is CCCc1c(OCCCCN2C(=O)CC(C)(c3ccc(OC4CCCCO4)cc3)C2=O)ccc2c(C(F)(F)F)cc(=O)oc12. The lowest BCUT2D eigenvalue weighted by Gasteiger charge is -2.25. The van der Waals surface area contributed by atoms with Crippen molar-refractivity contribution in [1.29, 1.82) is 0 Å². The topological polar surface area (TPSA) is 95.3 Å². The van der Waals surface area contributed by atoms with Crippen molar-refractivity contribution in [2.75, 3.05) is 19.8 Å². The molecule has 2 atom stereocenters. The zero-order chi connectivity index (χ0) is 31.5. The van der Waals surface area contributed by atoms with Crippen LogP contribution in [0.25, 0.3) is 11.0 Å². The van der Waals surface area contributed by atoms with Crippen LogP contribution in [0.1, 0.15) is 75.5 Å². The first-order valence-corrected chi connectivity index (χ1v) is 15.0. The summed E-state index contributed by atoms with van der Waals surface area (Å²) in [5, 5.41) is -0.192. The summed E-state index contributed by atoms with van der Waals surface area (Å²) in [6.45, 7) is 4.73. The van der Waals surface area contributed by atoms with Crippen LogP contribution >= 0.6 is 0 Å². The Morgan fingerprint density at radius 2 is 1.82 bits per heavy atom. The summed E-state index contributed by atoms with van der Waals surface area (Å²) in [5.41, 5.74) is -2.09. The fraction of sp³-hybridized carbons (Fsp3) is 0.485. The first-order chi connectivity index (χ1) is 21.0. The third-order valence-electron chi connectivity index (χ3n) is 8.23. The quantitative estimate of drug-likeness (QED) is 0.137. The molecule has 0 spiro atoms. The second-order valence-corrected chi connectivity index (χ2v) is 11.5. The van der Waals surface area contributed by atoms with Crippen LogP contribution in [0.15, 0.2) is 51.7 Å². The minimum Gasteiger partial charge on any atom is -0.493 e. The molecule has 2 fully saturated rings. The number of amides is 2. The molecular formula is C33H36F3NO7. The number of rotatable bonds is 11. The molecule has 236 valence electrons. The largest absolute Gasteiger partial charge is 0.493 e. The van der Waals surface area contributed by atoms with E-state index in [1.54, 1.807) is 19.1 Å². The maximum atomic E-state index is 13.6. The summed E-state index contributed by atoms with van der Waals surface area (Å²) in [6.07, 6.45) is -0.0987. The Labute approximate surface area is 253 Å². The Balaban J connectivity index is 1.19. The molecule has 0 saturated carbocycles. The third-order valence-corrected chi connectivity index (χ3v) is 8.23. The summed E-state index contributed by atoms with van der Waals surface area (Å²) in [7, 11) is 0. The molecule has 3 heterocycles. The van der Waals surface area contributed by atoms with E-state index in [0.29, 0.717) is 55.4 Å². The number of nitrogens with zero attached hydrogens (tertiary/aromatic N) is 1. The van der Waals surface area contributed by atoms with Gasteiger partial charge in [0.2, 0.25) is 11.8 Å². The van der Waals surface area contributed by atoms with Gasteiger partial charge in [0.1, 0.15) is 17.1 Å². The average molecular weight is 616 g/mol. The average Bonchev–Trinajstić information content (AvgIpc) is 3.21. The molecule has 0 N–H and O–H groups in total. The van der Waals surface area contributed by atoms with Gasteiger partial charge in [0.15, 0.2) is 6.29 Å². The minimum atomic E-state index is -4.71. The van der Waals surface area contributed by atoms with E-state index in [0.717, 1.165) is 24.8 Å². The van der Waals surface area contributed by atoms with E-state index in [2.05, 4.69) is 0 Å². The maximum Gasteiger partial charge on any atom is 0.417 e. The van der Waals surface area contributed by atoms with E-state index in [1.807, 2.05) is 19.1 Å². The van der Waals surface area contributed by atoms with Gasteiger partial charge >= 0.3 is 11.8 Å². The zero-order valence-electron chi connectivity index (χ0n) is 24.8. The number of imide groups is 1. The maximum absolute atomic E-state index is 13.6.